The molecular formula is C14H18N4O2. The summed E-state index contributed by atoms with van der Waals surface area (Å²) in [6, 6.07) is 6.96. The smallest absolute Gasteiger partial charge is 0.287 e. The van der Waals surface area contributed by atoms with E-state index in [4.69, 9.17) is 5.26 Å². The Bertz CT molecular complexity index is 538. The Morgan fingerprint density at radius 1 is 1.60 bits per heavy atom. The third-order valence-corrected chi connectivity index (χ3v) is 3.76. The molecule has 1 fully saturated rings. The van der Waals surface area contributed by atoms with Gasteiger partial charge in [-0.3, -0.25) is 15.0 Å². The Morgan fingerprint density at radius 2 is 2.40 bits per heavy atom. The van der Waals surface area contributed by atoms with Crippen LogP contribution in [0.25, 0.3) is 0 Å². The van der Waals surface area contributed by atoms with Gasteiger partial charge in [-0.25, -0.2) is 0 Å². The molecule has 1 unspecified atom stereocenters. The molecule has 0 aliphatic carbocycles. The number of nitrogens with zero attached hydrogens (tertiary/aromatic N) is 3. The first-order chi connectivity index (χ1) is 9.65. The molecule has 0 amide bonds. The maximum Gasteiger partial charge on any atom is 0.287 e. The average molecular weight is 274 g/mol. The van der Waals surface area contributed by atoms with E-state index in [1.165, 1.54) is 18.9 Å². The molecule has 106 valence electrons. The minimum atomic E-state index is -0.530. The second-order valence-electron chi connectivity index (χ2n) is 4.91. The molecule has 0 saturated carbocycles. The van der Waals surface area contributed by atoms with Gasteiger partial charge in [-0.05, 0) is 38.1 Å². The number of likely N-dealkylation sites (N-methyl/N-ethyl adjacent to an activating group) is 1. The number of benzene rings is 1. The lowest BCUT2D eigenvalue weighted by atomic mass is 10.1. The number of nitriles is 1. The Morgan fingerprint density at radius 3 is 3.05 bits per heavy atom. The number of rotatable bonds is 5. The van der Waals surface area contributed by atoms with Crippen LogP contribution in [0, 0.1) is 21.4 Å². The predicted molar refractivity (Wildman–Crippen MR) is 76.6 cm³/mol. The predicted octanol–water partition coefficient (Wildman–Crippen LogP) is 2.36. The van der Waals surface area contributed by atoms with Gasteiger partial charge in [0, 0.05) is 24.3 Å². The standard InChI is InChI=1S/C14H18N4O2/c1-2-17-7-3-4-13(17)10-16-12-5-6-14(18(19)20)11(8-12)9-15/h5-6,8,13,16H,2-4,7,10H2,1H3. The van der Waals surface area contributed by atoms with Crippen LogP contribution in [0.3, 0.4) is 0 Å². The van der Waals surface area contributed by atoms with Crippen molar-refractivity contribution >= 4 is 11.4 Å². The molecule has 1 saturated heterocycles. The lowest BCUT2D eigenvalue weighted by Gasteiger charge is -2.23. The minimum absolute atomic E-state index is 0.0961. The zero-order chi connectivity index (χ0) is 14.5. The van der Waals surface area contributed by atoms with Gasteiger partial charge in [0.1, 0.15) is 11.6 Å². The fourth-order valence-electron chi connectivity index (χ4n) is 2.67. The van der Waals surface area contributed by atoms with Crippen molar-refractivity contribution in [2.45, 2.75) is 25.8 Å². The maximum atomic E-state index is 10.8. The molecule has 1 aromatic rings. The first-order valence-electron chi connectivity index (χ1n) is 6.82. The topological polar surface area (TPSA) is 82.2 Å². The Hall–Kier alpha value is -2.13. The molecule has 2 rings (SSSR count). The summed E-state index contributed by atoms with van der Waals surface area (Å²) in [5.74, 6) is 0. The highest BCUT2D eigenvalue weighted by atomic mass is 16.6. The molecule has 1 N–H and O–H groups in total. The van der Waals surface area contributed by atoms with E-state index >= 15 is 0 Å². The zero-order valence-corrected chi connectivity index (χ0v) is 11.5. The van der Waals surface area contributed by atoms with Crippen molar-refractivity contribution in [2.75, 3.05) is 25.0 Å². The van der Waals surface area contributed by atoms with Crippen LogP contribution in [0.1, 0.15) is 25.3 Å². The number of hydrogen-bond donors (Lipinski definition) is 1. The van der Waals surface area contributed by atoms with E-state index in [1.54, 1.807) is 12.1 Å². The lowest BCUT2D eigenvalue weighted by molar-refractivity contribution is -0.385. The summed E-state index contributed by atoms with van der Waals surface area (Å²) in [6.07, 6.45) is 2.38. The fraction of sp³-hybridized carbons (Fsp3) is 0.500. The van der Waals surface area contributed by atoms with Crippen LogP contribution in [0.5, 0.6) is 0 Å². The summed E-state index contributed by atoms with van der Waals surface area (Å²) in [7, 11) is 0. The second-order valence-corrected chi connectivity index (χ2v) is 4.91. The van der Waals surface area contributed by atoms with E-state index in [0.29, 0.717) is 6.04 Å². The molecule has 1 aliphatic rings. The van der Waals surface area contributed by atoms with Gasteiger partial charge in [-0.15, -0.1) is 0 Å². The van der Waals surface area contributed by atoms with Crippen molar-refractivity contribution in [3.8, 4) is 6.07 Å². The average Bonchev–Trinajstić information content (AvgIpc) is 2.92. The third-order valence-electron chi connectivity index (χ3n) is 3.76. The normalized spacial score (nSPS) is 18.7. The second kappa shape index (κ2) is 6.35. The summed E-state index contributed by atoms with van der Waals surface area (Å²) < 4.78 is 0. The van der Waals surface area contributed by atoms with E-state index < -0.39 is 4.92 Å². The van der Waals surface area contributed by atoms with E-state index in [2.05, 4.69) is 17.1 Å². The van der Waals surface area contributed by atoms with Crippen molar-refractivity contribution in [3.05, 3.63) is 33.9 Å². The first-order valence-corrected chi connectivity index (χ1v) is 6.82. The van der Waals surface area contributed by atoms with Crippen LogP contribution in [-0.2, 0) is 0 Å². The Balaban J connectivity index is 2.03. The highest BCUT2D eigenvalue weighted by molar-refractivity contribution is 5.58. The van der Waals surface area contributed by atoms with Gasteiger partial charge in [0.05, 0.1) is 4.92 Å². The van der Waals surface area contributed by atoms with Crippen LogP contribution in [0.2, 0.25) is 0 Å². The molecule has 6 heteroatoms. The Labute approximate surface area is 118 Å². The van der Waals surface area contributed by atoms with E-state index in [9.17, 15) is 10.1 Å². The monoisotopic (exact) mass is 274 g/mol. The zero-order valence-electron chi connectivity index (χ0n) is 11.5. The molecule has 0 bridgehead atoms. The fourth-order valence-corrected chi connectivity index (χ4v) is 2.67. The van der Waals surface area contributed by atoms with Crippen LogP contribution in [-0.4, -0.2) is 35.5 Å². The van der Waals surface area contributed by atoms with Gasteiger partial charge >= 0.3 is 0 Å². The summed E-state index contributed by atoms with van der Waals surface area (Å²) in [5, 5.41) is 23.0. The number of anilines is 1. The number of nitrogens with one attached hydrogen (secondary N) is 1. The van der Waals surface area contributed by atoms with Crippen molar-refractivity contribution < 1.29 is 4.92 Å². The SMILES string of the molecule is CCN1CCCC1CNc1ccc([N+](=O)[O-])c(C#N)c1. The van der Waals surface area contributed by atoms with Gasteiger partial charge < -0.3 is 5.32 Å². The molecule has 0 radical (unpaired) electrons. The summed E-state index contributed by atoms with van der Waals surface area (Å²) >= 11 is 0. The van der Waals surface area contributed by atoms with Gasteiger partial charge in [0.15, 0.2) is 0 Å². The highest BCUT2D eigenvalue weighted by Gasteiger charge is 2.22. The largest absolute Gasteiger partial charge is 0.383 e. The van der Waals surface area contributed by atoms with Crippen molar-refractivity contribution in [1.82, 2.24) is 4.90 Å². The number of hydrogen-bond acceptors (Lipinski definition) is 5. The Kier molecular flexibility index (Phi) is 4.53. The molecule has 6 nitrogen and oxygen atoms in total. The lowest BCUT2D eigenvalue weighted by Crippen LogP contribution is -2.34. The number of likely N-dealkylation sites (tertiary alicyclic amines) is 1. The van der Waals surface area contributed by atoms with Crippen LogP contribution >= 0.6 is 0 Å². The molecule has 1 atom stereocenters. The maximum absolute atomic E-state index is 10.8. The van der Waals surface area contributed by atoms with Crippen molar-refractivity contribution in [3.63, 3.8) is 0 Å². The van der Waals surface area contributed by atoms with E-state index in [0.717, 1.165) is 25.3 Å². The molecule has 20 heavy (non-hydrogen) atoms. The summed E-state index contributed by atoms with van der Waals surface area (Å²) in [4.78, 5) is 12.7. The quantitative estimate of drug-likeness (QED) is 0.658. The van der Waals surface area contributed by atoms with Gasteiger partial charge in [0.25, 0.3) is 5.69 Å². The molecule has 0 spiro atoms. The number of nitro groups is 1. The van der Waals surface area contributed by atoms with Gasteiger partial charge in [-0.2, -0.15) is 5.26 Å². The molecular weight excluding hydrogens is 256 g/mol. The number of nitro benzene ring substituents is 1. The van der Waals surface area contributed by atoms with Gasteiger partial charge in [0.2, 0.25) is 0 Å². The van der Waals surface area contributed by atoms with E-state index in [1.807, 2.05) is 6.07 Å². The highest BCUT2D eigenvalue weighted by Crippen LogP contribution is 2.23. The van der Waals surface area contributed by atoms with E-state index in [-0.39, 0.29) is 11.3 Å². The molecule has 0 aromatic heterocycles. The van der Waals surface area contributed by atoms with Gasteiger partial charge in [-0.1, -0.05) is 6.92 Å². The van der Waals surface area contributed by atoms with Crippen LogP contribution < -0.4 is 5.32 Å². The minimum Gasteiger partial charge on any atom is -0.383 e. The third kappa shape index (κ3) is 3.06. The summed E-state index contributed by atoms with van der Waals surface area (Å²) in [6.45, 7) is 5.12. The molecule has 1 heterocycles. The van der Waals surface area contributed by atoms with Crippen molar-refractivity contribution in [1.29, 1.82) is 5.26 Å². The molecule has 1 aliphatic heterocycles. The van der Waals surface area contributed by atoms with Crippen LogP contribution in [0.4, 0.5) is 11.4 Å². The van der Waals surface area contributed by atoms with Crippen LogP contribution in [0.15, 0.2) is 18.2 Å². The first kappa shape index (κ1) is 14.3. The molecule has 1 aromatic carbocycles. The summed E-state index contributed by atoms with van der Waals surface area (Å²) in [5.41, 5.74) is 0.711. The van der Waals surface area contributed by atoms with Crippen molar-refractivity contribution in [2.24, 2.45) is 0 Å².